The molecule has 12 heteroatoms. The summed E-state index contributed by atoms with van der Waals surface area (Å²) in [7, 11) is -4.09. The first-order chi connectivity index (χ1) is 16.3. The second-order valence-electron chi connectivity index (χ2n) is 7.84. The van der Waals surface area contributed by atoms with Crippen molar-refractivity contribution in [2.75, 3.05) is 11.9 Å². The summed E-state index contributed by atoms with van der Waals surface area (Å²) in [5.74, 6) is -2.43. The third-order valence-electron chi connectivity index (χ3n) is 5.00. The second kappa shape index (κ2) is 11.3. The molecule has 11 nitrogen and oxygen atoms in total. The van der Waals surface area contributed by atoms with Crippen molar-refractivity contribution < 1.29 is 37.1 Å². The number of aromatic nitrogens is 1. The van der Waals surface area contributed by atoms with Crippen molar-refractivity contribution in [3.8, 4) is 0 Å². The molecule has 0 saturated heterocycles. The summed E-state index contributed by atoms with van der Waals surface area (Å²) in [5, 5.41) is 2.52. The summed E-state index contributed by atoms with van der Waals surface area (Å²) in [6.45, 7) is 8.99. The van der Waals surface area contributed by atoms with Gasteiger partial charge in [-0.1, -0.05) is 0 Å². The smallest absolute Gasteiger partial charge is 0.340 e. The first-order valence-corrected chi connectivity index (χ1v) is 12.3. The molecule has 0 aliphatic rings. The van der Waals surface area contributed by atoms with E-state index in [0.29, 0.717) is 16.9 Å². The minimum atomic E-state index is -4.09. The van der Waals surface area contributed by atoms with E-state index in [1.165, 1.54) is 45.0 Å². The minimum Gasteiger partial charge on any atom is -0.462 e. The molecule has 1 aromatic carbocycles. The average molecular weight is 508 g/mol. The van der Waals surface area contributed by atoms with Gasteiger partial charge in [-0.05, 0) is 64.4 Å². The zero-order valence-electron chi connectivity index (χ0n) is 20.3. The highest BCUT2D eigenvalue weighted by Crippen LogP contribution is 2.21. The summed E-state index contributed by atoms with van der Waals surface area (Å²) < 4.78 is 37.6. The van der Waals surface area contributed by atoms with Crippen LogP contribution in [-0.2, 0) is 29.1 Å². The van der Waals surface area contributed by atoms with E-state index in [9.17, 15) is 27.6 Å². The Morgan fingerprint density at radius 1 is 1.06 bits per heavy atom. The fraction of sp³-hybridized carbons (Fsp3) is 0.391. The predicted octanol–water partition coefficient (Wildman–Crippen LogP) is 2.25. The molecule has 190 valence electrons. The van der Waals surface area contributed by atoms with E-state index < -0.39 is 39.9 Å². The van der Waals surface area contributed by atoms with Crippen LogP contribution in [0, 0.1) is 13.8 Å². The van der Waals surface area contributed by atoms with E-state index in [0.717, 1.165) is 0 Å². The molecule has 0 radical (unpaired) electrons. The number of H-pyrrole nitrogens is 1. The van der Waals surface area contributed by atoms with Gasteiger partial charge in [0.05, 0.1) is 22.8 Å². The van der Waals surface area contributed by atoms with Gasteiger partial charge in [-0.25, -0.2) is 13.2 Å². The molecule has 0 aliphatic heterocycles. The summed E-state index contributed by atoms with van der Waals surface area (Å²) in [4.78, 5) is 51.3. The van der Waals surface area contributed by atoms with Crippen LogP contribution >= 0.6 is 0 Å². The van der Waals surface area contributed by atoms with Gasteiger partial charge in [0.15, 0.2) is 6.10 Å². The van der Waals surface area contributed by atoms with Crippen LogP contribution in [0.5, 0.6) is 0 Å². The Labute approximate surface area is 203 Å². The van der Waals surface area contributed by atoms with Crippen LogP contribution < -0.4 is 10.0 Å². The second-order valence-corrected chi connectivity index (χ2v) is 9.55. The molecule has 1 heterocycles. The lowest BCUT2D eigenvalue weighted by molar-refractivity contribution is -0.147. The molecule has 2 unspecified atom stereocenters. The van der Waals surface area contributed by atoms with E-state index in [1.54, 1.807) is 20.8 Å². The van der Waals surface area contributed by atoms with Crippen LogP contribution in [0.3, 0.4) is 0 Å². The number of carbonyl (C=O) groups excluding carboxylic acids is 4. The highest BCUT2D eigenvalue weighted by atomic mass is 32.2. The van der Waals surface area contributed by atoms with Crippen molar-refractivity contribution in [1.29, 1.82) is 0 Å². The van der Waals surface area contributed by atoms with Crippen molar-refractivity contribution in [1.82, 2.24) is 9.71 Å². The molecule has 0 fully saturated rings. The summed E-state index contributed by atoms with van der Waals surface area (Å²) in [5.41, 5.74) is 1.55. The largest absolute Gasteiger partial charge is 0.462 e. The normalized spacial score (nSPS) is 13.0. The molecule has 2 rings (SSSR count). The van der Waals surface area contributed by atoms with E-state index in [-0.39, 0.29) is 28.7 Å². The molecule has 0 spiro atoms. The molecule has 1 aromatic heterocycles. The van der Waals surface area contributed by atoms with Gasteiger partial charge in [0.25, 0.3) is 0 Å². The molecule has 0 aliphatic carbocycles. The maximum atomic E-state index is 12.9. The van der Waals surface area contributed by atoms with Gasteiger partial charge in [-0.3, -0.25) is 14.4 Å². The number of ketones is 1. The Hall–Kier alpha value is -3.51. The number of nitrogens with one attached hydrogen (secondary N) is 3. The summed E-state index contributed by atoms with van der Waals surface area (Å²) >= 11 is 0. The van der Waals surface area contributed by atoms with E-state index >= 15 is 0 Å². The van der Waals surface area contributed by atoms with Crippen molar-refractivity contribution >= 4 is 39.3 Å². The van der Waals surface area contributed by atoms with Gasteiger partial charge in [0.2, 0.25) is 21.7 Å². The number of anilines is 1. The molecule has 2 aromatic rings. The number of aryl methyl sites for hydroxylation is 1. The van der Waals surface area contributed by atoms with Crippen LogP contribution in [0.25, 0.3) is 0 Å². The van der Waals surface area contributed by atoms with Crippen LogP contribution in [0.2, 0.25) is 0 Å². The fourth-order valence-corrected chi connectivity index (χ4v) is 4.50. The first kappa shape index (κ1) is 27.7. The number of rotatable bonds is 10. The number of benzene rings is 1. The van der Waals surface area contributed by atoms with Gasteiger partial charge < -0.3 is 19.8 Å². The van der Waals surface area contributed by atoms with Crippen molar-refractivity contribution in [3.05, 3.63) is 46.8 Å². The van der Waals surface area contributed by atoms with Crippen LogP contribution in [-0.4, -0.2) is 55.8 Å². The van der Waals surface area contributed by atoms with Gasteiger partial charge >= 0.3 is 11.9 Å². The standard InChI is InChI=1S/C23H29N3O8S/c1-7-33-23(30)19-12(2)20(24-13(19)3)21(28)15(5)34-22(29)14(4)26-35(31,32)18-10-8-17(9-11-18)25-16(6)27/h8-11,14-15,24,26H,7H2,1-6H3,(H,25,27). The maximum absolute atomic E-state index is 12.9. The predicted molar refractivity (Wildman–Crippen MR) is 127 cm³/mol. The number of amides is 1. The third kappa shape index (κ3) is 6.76. The molecule has 3 N–H and O–H groups in total. The maximum Gasteiger partial charge on any atom is 0.340 e. The average Bonchev–Trinajstić information content (AvgIpc) is 3.06. The Bertz CT molecular complexity index is 1230. The van der Waals surface area contributed by atoms with Crippen molar-refractivity contribution in [3.63, 3.8) is 0 Å². The Morgan fingerprint density at radius 3 is 2.20 bits per heavy atom. The number of sulfonamides is 1. The number of hydrogen-bond acceptors (Lipinski definition) is 8. The monoisotopic (exact) mass is 507 g/mol. The quantitative estimate of drug-likeness (QED) is 0.326. The molecule has 1 amide bonds. The number of Topliss-reactive ketones (excluding diaryl/α,β-unsaturated/α-hetero) is 1. The van der Waals surface area contributed by atoms with Crippen molar-refractivity contribution in [2.45, 2.75) is 58.6 Å². The zero-order valence-corrected chi connectivity index (χ0v) is 21.2. The Kier molecular flexibility index (Phi) is 8.94. The lowest BCUT2D eigenvalue weighted by Crippen LogP contribution is -2.41. The van der Waals surface area contributed by atoms with Crippen molar-refractivity contribution in [2.24, 2.45) is 0 Å². The summed E-state index contributed by atoms with van der Waals surface area (Å²) in [6.07, 6.45) is -1.25. The molecule has 0 bridgehead atoms. The number of aromatic amines is 1. The highest BCUT2D eigenvalue weighted by Gasteiger charge is 2.30. The van der Waals surface area contributed by atoms with E-state index in [1.807, 2.05) is 0 Å². The van der Waals surface area contributed by atoms with Crippen LogP contribution in [0.4, 0.5) is 5.69 Å². The summed E-state index contributed by atoms with van der Waals surface area (Å²) in [6, 6.07) is 4.06. The zero-order chi connectivity index (χ0) is 26.5. The van der Waals surface area contributed by atoms with E-state index in [4.69, 9.17) is 9.47 Å². The number of ether oxygens (including phenoxy) is 2. The molecule has 2 atom stereocenters. The molecule has 35 heavy (non-hydrogen) atoms. The third-order valence-corrected chi connectivity index (χ3v) is 6.55. The van der Waals surface area contributed by atoms with Gasteiger partial charge in [-0.15, -0.1) is 0 Å². The first-order valence-electron chi connectivity index (χ1n) is 10.8. The Morgan fingerprint density at radius 2 is 1.66 bits per heavy atom. The van der Waals surface area contributed by atoms with Gasteiger partial charge in [-0.2, -0.15) is 4.72 Å². The number of hydrogen-bond donors (Lipinski definition) is 3. The number of carbonyl (C=O) groups is 4. The van der Waals surface area contributed by atoms with Crippen LogP contribution in [0.1, 0.15) is 59.8 Å². The molecule has 0 saturated carbocycles. The van der Waals surface area contributed by atoms with Crippen LogP contribution in [0.15, 0.2) is 29.2 Å². The van der Waals surface area contributed by atoms with Gasteiger partial charge in [0.1, 0.15) is 6.04 Å². The topological polar surface area (TPSA) is 161 Å². The van der Waals surface area contributed by atoms with Gasteiger partial charge in [0, 0.05) is 18.3 Å². The van der Waals surface area contributed by atoms with E-state index in [2.05, 4.69) is 15.0 Å². The number of esters is 2. The lowest BCUT2D eigenvalue weighted by Gasteiger charge is -2.17. The highest BCUT2D eigenvalue weighted by molar-refractivity contribution is 7.89. The SMILES string of the molecule is CCOC(=O)c1c(C)[nH]c(C(=O)C(C)OC(=O)C(C)NS(=O)(=O)c2ccc(NC(C)=O)cc2)c1C. The molecular weight excluding hydrogens is 478 g/mol. The molecular formula is C23H29N3O8S. The fourth-order valence-electron chi connectivity index (χ4n) is 3.31. The Balaban J connectivity index is 2.08. The lowest BCUT2D eigenvalue weighted by atomic mass is 10.1. The minimum absolute atomic E-state index is 0.0957.